The molecule has 0 atom stereocenters. The molecule has 4 heteroatoms. The molecule has 0 amide bonds. The smallest absolute Gasteiger partial charge is 0.167 e. The lowest BCUT2D eigenvalue weighted by Gasteiger charge is -2.46. The Morgan fingerprint density at radius 1 is 0.800 bits per heavy atom. The van der Waals surface area contributed by atoms with E-state index in [1.54, 1.807) is 7.11 Å². The highest BCUT2D eigenvalue weighted by molar-refractivity contribution is 5.91. The monoisotopic (exact) mass is 480 g/mol. The number of pyridine rings is 1. The zero-order valence-corrected chi connectivity index (χ0v) is 23.4. The van der Waals surface area contributed by atoms with E-state index in [9.17, 15) is 0 Å². The first kappa shape index (κ1) is 30.6. The maximum Gasteiger partial charge on any atom is 0.167 e. The highest BCUT2D eigenvalue weighted by Gasteiger charge is 2.44. The van der Waals surface area contributed by atoms with E-state index >= 15 is 0 Å². The first-order chi connectivity index (χ1) is 17.2. The summed E-state index contributed by atoms with van der Waals surface area (Å²) in [7, 11) is 1.77. The molecule has 194 valence electrons. The molecule has 0 spiro atoms. The molecular weight excluding hydrogens is 432 g/mol. The molecule has 4 rings (SSSR count). The van der Waals surface area contributed by atoms with Crippen LogP contribution in [0.2, 0.25) is 0 Å². The molecule has 1 N–H and O–H groups in total. The van der Waals surface area contributed by atoms with Crippen LogP contribution in [0.5, 0.6) is 0 Å². The predicted octanol–water partition coefficient (Wildman–Crippen LogP) is 8.62. The maximum absolute atomic E-state index is 6.01. The average Bonchev–Trinajstić information content (AvgIpc) is 2.96. The summed E-state index contributed by atoms with van der Waals surface area (Å²) in [6.07, 6.45) is 5.66. The number of ether oxygens (including phenoxy) is 2. The second-order valence-corrected chi connectivity index (χ2v) is 7.93. The van der Waals surface area contributed by atoms with Gasteiger partial charge in [-0.2, -0.15) is 0 Å². The van der Waals surface area contributed by atoms with Gasteiger partial charge in [0, 0.05) is 50.1 Å². The molecule has 0 aliphatic heterocycles. The van der Waals surface area contributed by atoms with Crippen molar-refractivity contribution in [3.8, 4) is 0 Å². The van der Waals surface area contributed by atoms with Gasteiger partial charge in [0.05, 0.1) is 0 Å². The van der Waals surface area contributed by atoms with Crippen LogP contribution >= 0.6 is 0 Å². The SMILES string of the molecule is CC.CC.CC.CCOC1(OC)CCC(CNc2nccc3ccccc23)(c2ccccc2)CC1. The number of hydrogen-bond donors (Lipinski definition) is 1. The van der Waals surface area contributed by atoms with Gasteiger partial charge in [0.1, 0.15) is 5.82 Å². The highest BCUT2D eigenvalue weighted by atomic mass is 16.7. The van der Waals surface area contributed by atoms with E-state index in [4.69, 9.17) is 9.47 Å². The molecule has 0 radical (unpaired) electrons. The topological polar surface area (TPSA) is 43.4 Å². The summed E-state index contributed by atoms with van der Waals surface area (Å²) in [4.78, 5) is 4.63. The molecule has 35 heavy (non-hydrogen) atoms. The number of rotatable bonds is 7. The minimum atomic E-state index is -0.454. The molecule has 1 aromatic heterocycles. The van der Waals surface area contributed by atoms with Crippen molar-refractivity contribution in [2.45, 2.75) is 85.4 Å². The van der Waals surface area contributed by atoms with E-state index in [0.29, 0.717) is 6.61 Å². The summed E-state index contributed by atoms with van der Waals surface area (Å²) in [5.41, 5.74) is 1.40. The lowest BCUT2D eigenvalue weighted by Crippen LogP contribution is -2.47. The van der Waals surface area contributed by atoms with Crippen LogP contribution in [-0.2, 0) is 14.9 Å². The number of hydrogen-bond acceptors (Lipinski definition) is 4. The standard InChI is InChI=1S/C25H30N2O2.3C2H6/c1-3-29-25(28-2)16-14-24(15-17-25,21-10-5-4-6-11-21)19-27-23-22-12-8-7-9-20(22)13-18-26-23;3*1-2/h4-13,18H,3,14-17,19H2,1-2H3,(H,26,27);3*1-2H3. The van der Waals surface area contributed by atoms with Gasteiger partial charge >= 0.3 is 0 Å². The van der Waals surface area contributed by atoms with Gasteiger partial charge in [-0.3, -0.25) is 0 Å². The van der Waals surface area contributed by atoms with Crippen molar-refractivity contribution in [3.63, 3.8) is 0 Å². The van der Waals surface area contributed by atoms with Gasteiger partial charge in [-0.1, -0.05) is 96.1 Å². The third-order valence-corrected chi connectivity index (χ3v) is 6.40. The van der Waals surface area contributed by atoms with E-state index in [0.717, 1.165) is 43.4 Å². The van der Waals surface area contributed by atoms with Crippen molar-refractivity contribution < 1.29 is 9.47 Å². The molecule has 1 aliphatic carbocycles. The lowest BCUT2D eigenvalue weighted by atomic mass is 9.67. The molecule has 2 aromatic carbocycles. The summed E-state index contributed by atoms with van der Waals surface area (Å²) in [5, 5.41) is 6.05. The normalized spacial score (nSPS) is 20.8. The molecule has 0 bridgehead atoms. The fraction of sp³-hybridized carbons (Fsp3) is 0.516. The first-order valence-electron chi connectivity index (χ1n) is 13.5. The molecule has 3 aromatic rings. The molecule has 1 saturated carbocycles. The summed E-state index contributed by atoms with van der Waals surface area (Å²) in [6, 6.07) is 21.3. The zero-order chi connectivity index (χ0) is 26.2. The van der Waals surface area contributed by atoms with E-state index in [-0.39, 0.29) is 5.41 Å². The van der Waals surface area contributed by atoms with Crippen LogP contribution in [0.15, 0.2) is 66.9 Å². The number of nitrogens with zero attached hydrogens (tertiary/aromatic N) is 1. The van der Waals surface area contributed by atoms with E-state index in [1.807, 2.05) is 54.7 Å². The van der Waals surface area contributed by atoms with Gasteiger partial charge < -0.3 is 14.8 Å². The predicted molar refractivity (Wildman–Crippen MR) is 152 cm³/mol. The molecule has 4 nitrogen and oxygen atoms in total. The van der Waals surface area contributed by atoms with Crippen LogP contribution in [-0.4, -0.2) is 31.0 Å². The van der Waals surface area contributed by atoms with Crippen LogP contribution in [0.4, 0.5) is 5.82 Å². The number of nitrogens with one attached hydrogen (secondary N) is 1. The lowest BCUT2D eigenvalue weighted by molar-refractivity contribution is -0.241. The van der Waals surface area contributed by atoms with Gasteiger partial charge in [-0.25, -0.2) is 4.98 Å². The van der Waals surface area contributed by atoms with E-state index in [1.165, 1.54) is 10.9 Å². The largest absolute Gasteiger partial charge is 0.369 e. The van der Waals surface area contributed by atoms with Gasteiger partial charge in [0.15, 0.2) is 5.79 Å². The Labute approximate surface area is 214 Å². The molecule has 0 unspecified atom stereocenters. The second-order valence-electron chi connectivity index (χ2n) is 7.93. The van der Waals surface area contributed by atoms with Gasteiger partial charge in [0.25, 0.3) is 0 Å². The Kier molecular flexibility index (Phi) is 14.2. The van der Waals surface area contributed by atoms with Crippen molar-refractivity contribution >= 4 is 16.6 Å². The maximum atomic E-state index is 6.01. The fourth-order valence-electron chi connectivity index (χ4n) is 4.65. The molecular formula is C31H48N2O2. The Hall–Kier alpha value is -2.43. The van der Waals surface area contributed by atoms with Gasteiger partial charge in [-0.05, 0) is 36.8 Å². The van der Waals surface area contributed by atoms with Crippen LogP contribution < -0.4 is 5.32 Å². The minimum Gasteiger partial charge on any atom is -0.369 e. The molecule has 1 fully saturated rings. The zero-order valence-electron chi connectivity index (χ0n) is 23.4. The summed E-state index contributed by atoms with van der Waals surface area (Å²) in [5.74, 6) is 0.497. The first-order valence-corrected chi connectivity index (χ1v) is 13.5. The van der Waals surface area contributed by atoms with Crippen molar-refractivity contribution in [1.82, 2.24) is 4.98 Å². The van der Waals surface area contributed by atoms with E-state index < -0.39 is 5.79 Å². The van der Waals surface area contributed by atoms with Crippen molar-refractivity contribution in [2.75, 3.05) is 25.6 Å². The van der Waals surface area contributed by atoms with Gasteiger partial charge in [0.2, 0.25) is 0 Å². The third-order valence-electron chi connectivity index (χ3n) is 6.40. The number of benzene rings is 2. The molecule has 1 heterocycles. The van der Waals surface area contributed by atoms with Crippen LogP contribution in [0.1, 0.15) is 79.7 Å². The fourth-order valence-corrected chi connectivity index (χ4v) is 4.65. The quantitative estimate of drug-likeness (QED) is 0.344. The highest BCUT2D eigenvalue weighted by Crippen LogP contribution is 2.45. The number of aromatic nitrogens is 1. The summed E-state index contributed by atoms with van der Waals surface area (Å²) < 4.78 is 11.8. The van der Waals surface area contributed by atoms with Crippen LogP contribution in [0.25, 0.3) is 10.8 Å². The van der Waals surface area contributed by atoms with Crippen molar-refractivity contribution in [3.05, 3.63) is 72.4 Å². The Bertz CT molecular complexity index is 930. The second kappa shape index (κ2) is 16.3. The summed E-state index contributed by atoms with van der Waals surface area (Å²) in [6.45, 7) is 15.5. The van der Waals surface area contributed by atoms with Crippen LogP contribution in [0, 0.1) is 0 Å². The van der Waals surface area contributed by atoms with Crippen molar-refractivity contribution in [2.24, 2.45) is 0 Å². The van der Waals surface area contributed by atoms with Crippen molar-refractivity contribution in [1.29, 1.82) is 0 Å². The number of anilines is 1. The Balaban J connectivity index is 0.000000949. The summed E-state index contributed by atoms with van der Waals surface area (Å²) >= 11 is 0. The average molecular weight is 481 g/mol. The van der Waals surface area contributed by atoms with Gasteiger partial charge in [-0.15, -0.1) is 0 Å². The van der Waals surface area contributed by atoms with Crippen LogP contribution in [0.3, 0.4) is 0 Å². The third kappa shape index (κ3) is 7.78. The molecule has 1 aliphatic rings. The minimum absolute atomic E-state index is 0.0268. The number of methoxy groups -OCH3 is 1. The van der Waals surface area contributed by atoms with E-state index in [2.05, 4.69) is 71.0 Å². The molecule has 0 saturated heterocycles. The number of fused-ring (bicyclic) bond motifs is 1. The Morgan fingerprint density at radius 3 is 2.00 bits per heavy atom. The Morgan fingerprint density at radius 2 is 1.40 bits per heavy atom.